The van der Waals surface area contributed by atoms with E-state index in [1.807, 2.05) is 0 Å². The van der Waals surface area contributed by atoms with E-state index >= 15 is 0 Å². The van der Waals surface area contributed by atoms with Crippen LogP contribution in [0.3, 0.4) is 0 Å². The van der Waals surface area contributed by atoms with Crippen molar-refractivity contribution >= 4 is 34.2 Å². The molecule has 1 heterocycles. The summed E-state index contributed by atoms with van der Waals surface area (Å²) in [6.07, 6.45) is 0. The lowest BCUT2D eigenvalue weighted by Gasteiger charge is -2.09. The van der Waals surface area contributed by atoms with Crippen LogP contribution in [0.15, 0.2) is 36.4 Å². The van der Waals surface area contributed by atoms with Crippen molar-refractivity contribution in [1.29, 1.82) is 0 Å². The quantitative estimate of drug-likeness (QED) is 0.627. The minimum absolute atomic E-state index is 0.0565. The van der Waals surface area contributed by atoms with Gasteiger partial charge in [-0.2, -0.15) is 0 Å². The molecule has 0 amide bonds. The van der Waals surface area contributed by atoms with Crippen molar-refractivity contribution in [3.63, 3.8) is 0 Å². The number of para-hydroxylation sites is 1. The number of hydrogen-bond acceptors (Lipinski definition) is 1. The molecule has 6 heteroatoms. The number of alkyl halides is 1. The van der Waals surface area contributed by atoms with Crippen LogP contribution in [0.1, 0.15) is 5.82 Å². The standard InChI is InChI=1S/C14H8Cl2F2N2/c15-7-13-19-14-10(18)5-8(17)6-12(14)20(13)11-4-2-1-3-9(11)16/h1-6H,7H2. The van der Waals surface area contributed by atoms with Gasteiger partial charge in [0.25, 0.3) is 0 Å². The first-order valence-electron chi connectivity index (χ1n) is 5.79. The van der Waals surface area contributed by atoms with Gasteiger partial charge in [-0.15, -0.1) is 11.6 Å². The van der Waals surface area contributed by atoms with E-state index in [0.717, 1.165) is 6.07 Å². The van der Waals surface area contributed by atoms with Gasteiger partial charge in [-0.1, -0.05) is 23.7 Å². The molecule has 3 aromatic rings. The normalized spacial score (nSPS) is 11.2. The van der Waals surface area contributed by atoms with E-state index in [2.05, 4.69) is 4.98 Å². The van der Waals surface area contributed by atoms with Crippen LogP contribution in [0.4, 0.5) is 8.78 Å². The van der Waals surface area contributed by atoms with Gasteiger partial charge in [0.1, 0.15) is 17.2 Å². The Morgan fingerprint density at radius 2 is 1.90 bits per heavy atom. The zero-order valence-corrected chi connectivity index (χ0v) is 11.6. The molecular formula is C14H8Cl2F2N2. The van der Waals surface area contributed by atoms with Crippen molar-refractivity contribution in [3.05, 3.63) is 58.9 Å². The molecule has 0 atom stereocenters. The molecule has 0 aliphatic heterocycles. The molecule has 2 aromatic carbocycles. The Kier molecular flexibility index (Phi) is 3.36. The van der Waals surface area contributed by atoms with Gasteiger partial charge in [-0.25, -0.2) is 13.8 Å². The van der Waals surface area contributed by atoms with Crippen LogP contribution in [-0.2, 0) is 5.88 Å². The van der Waals surface area contributed by atoms with Crippen LogP contribution in [0.5, 0.6) is 0 Å². The highest BCUT2D eigenvalue weighted by Gasteiger charge is 2.17. The molecule has 0 saturated carbocycles. The minimum atomic E-state index is -0.725. The smallest absolute Gasteiger partial charge is 0.153 e. The number of fused-ring (bicyclic) bond motifs is 1. The summed E-state index contributed by atoms with van der Waals surface area (Å²) in [5, 5.41) is 0.447. The third-order valence-corrected chi connectivity index (χ3v) is 3.52. The second-order valence-corrected chi connectivity index (χ2v) is 4.88. The Morgan fingerprint density at radius 1 is 1.15 bits per heavy atom. The third kappa shape index (κ3) is 2.05. The lowest BCUT2D eigenvalue weighted by atomic mass is 10.2. The third-order valence-electron chi connectivity index (χ3n) is 2.96. The largest absolute Gasteiger partial charge is 0.294 e. The van der Waals surface area contributed by atoms with E-state index in [-0.39, 0.29) is 11.4 Å². The average molecular weight is 313 g/mol. The zero-order chi connectivity index (χ0) is 14.3. The maximum atomic E-state index is 13.8. The molecule has 0 spiro atoms. The number of benzene rings is 2. The summed E-state index contributed by atoms with van der Waals surface area (Å²) >= 11 is 12.0. The molecule has 0 unspecified atom stereocenters. The van der Waals surface area contributed by atoms with Crippen LogP contribution in [0.2, 0.25) is 5.02 Å². The van der Waals surface area contributed by atoms with E-state index in [4.69, 9.17) is 23.2 Å². The SMILES string of the molecule is Fc1cc(F)c2nc(CCl)n(-c3ccccc3Cl)c2c1. The Bertz CT molecular complexity index is 799. The lowest BCUT2D eigenvalue weighted by Crippen LogP contribution is -2.00. The van der Waals surface area contributed by atoms with Crippen LogP contribution in [0, 0.1) is 11.6 Å². The van der Waals surface area contributed by atoms with E-state index in [1.165, 1.54) is 6.07 Å². The summed E-state index contributed by atoms with van der Waals surface area (Å²) in [4.78, 5) is 4.12. The predicted molar refractivity (Wildman–Crippen MR) is 75.6 cm³/mol. The molecular weight excluding hydrogens is 305 g/mol. The van der Waals surface area contributed by atoms with E-state index < -0.39 is 11.6 Å². The van der Waals surface area contributed by atoms with E-state index in [0.29, 0.717) is 22.1 Å². The monoisotopic (exact) mass is 312 g/mol. The van der Waals surface area contributed by atoms with Crippen LogP contribution < -0.4 is 0 Å². The molecule has 0 saturated heterocycles. The van der Waals surface area contributed by atoms with E-state index in [9.17, 15) is 8.78 Å². The summed E-state index contributed by atoms with van der Waals surface area (Å²) in [5.74, 6) is -0.943. The van der Waals surface area contributed by atoms with Gasteiger partial charge in [-0.05, 0) is 12.1 Å². The second-order valence-electron chi connectivity index (χ2n) is 4.20. The van der Waals surface area contributed by atoms with Gasteiger partial charge < -0.3 is 0 Å². The van der Waals surface area contributed by atoms with Crippen molar-refractivity contribution in [2.45, 2.75) is 5.88 Å². The first-order chi connectivity index (χ1) is 9.61. The van der Waals surface area contributed by atoms with Crippen molar-refractivity contribution in [3.8, 4) is 5.69 Å². The summed E-state index contributed by atoms with van der Waals surface area (Å²) in [6.45, 7) is 0. The molecule has 20 heavy (non-hydrogen) atoms. The number of nitrogens with zero attached hydrogens (tertiary/aromatic N) is 2. The minimum Gasteiger partial charge on any atom is -0.294 e. The van der Waals surface area contributed by atoms with Crippen LogP contribution in [-0.4, -0.2) is 9.55 Å². The number of rotatable bonds is 2. The summed E-state index contributed by atoms with van der Waals surface area (Å²) in [7, 11) is 0. The number of halogens is 4. The van der Waals surface area contributed by atoms with Crippen molar-refractivity contribution in [2.75, 3.05) is 0 Å². The predicted octanol–water partition coefficient (Wildman–Crippen LogP) is 4.70. The average Bonchev–Trinajstić information content (AvgIpc) is 2.78. The molecule has 0 fully saturated rings. The molecule has 3 rings (SSSR count). The molecule has 1 aromatic heterocycles. The molecule has 0 aliphatic carbocycles. The fourth-order valence-corrected chi connectivity index (χ4v) is 2.54. The highest BCUT2D eigenvalue weighted by Crippen LogP contribution is 2.29. The Morgan fingerprint density at radius 3 is 2.60 bits per heavy atom. The number of aromatic nitrogens is 2. The van der Waals surface area contributed by atoms with Crippen molar-refractivity contribution in [2.24, 2.45) is 0 Å². The lowest BCUT2D eigenvalue weighted by molar-refractivity contribution is 0.590. The highest BCUT2D eigenvalue weighted by molar-refractivity contribution is 6.32. The fourth-order valence-electron chi connectivity index (χ4n) is 2.14. The van der Waals surface area contributed by atoms with Crippen molar-refractivity contribution in [1.82, 2.24) is 9.55 Å². The van der Waals surface area contributed by atoms with Crippen LogP contribution in [0.25, 0.3) is 16.7 Å². The maximum Gasteiger partial charge on any atom is 0.153 e. The Hall–Kier alpha value is -1.65. The highest BCUT2D eigenvalue weighted by atomic mass is 35.5. The molecule has 102 valence electrons. The first kappa shape index (κ1) is 13.3. The fraction of sp³-hybridized carbons (Fsp3) is 0.0714. The van der Waals surface area contributed by atoms with Gasteiger partial charge in [0.15, 0.2) is 5.82 Å². The van der Waals surface area contributed by atoms with Crippen LogP contribution >= 0.6 is 23.2 Å². The summed E-state index contributed by atoms with van der Waals surface area (Å²) in [6, 6.07) is 8.99. The van der Waals surface area contributed by atoms with Gasteiger partial charge in [-0.3, -0.25) is 4.57 Å². The van der Waals surface area contributed by atoms with E-state index in [1.54, 1.807) is 28.8 Å². The maximum absolute atomic E-state index is 13.8. The van der Waals surface area contributed by atoms with Gasteiger partial charge >= 0.3 is 0 Å². The molecule has 0 N–H and O–H groups in total. The van der Waals surface area contributed by atoms with Gasteiger partial charge in [0.2, 0.25) is 0 Å². The van der Waals surface area contributed by atoms with Crippen molar-refractivity contribution < 1.29 is 8.78 Å². The summed E-state index contributed by atoms with van der Waals surface area (Å²) in [5.41, 5.74) is 0.950. The zero-order valence-electron chi connectivity index (χ0n) is 10.1. The molecule has 0 aliphatic rings. The molecule has 2 nitrogen and oxygen atoms in total. The number of imidazole rings is 1. The Labute approximate surface area is 123 Å². The first-order valence-corrected chi connectivity index (χ1v) is 6.70. The van der Waals surface area contributed by atoms with Gasteiger partial charge in [0, 0.05) is 12.1 Å². The number of hydrogen-bond donors (Lipinski definition) is 0. The topological polar surface area (TPSA) is 17.8 Å². The second kappa shape index (κ2) is 5.04. The van der Waals surface area contributed by atoms with Gasteiger partial charge in [0.05, 0.1) is 22.1 Å². The summed E-state index contributed by atoms with van der Waals surface area (Å²) < 4.78 is 28.8. The Balaban J connectivity index is 2.42. The molecule has 0 radical (unpaired) electrons. The molecule has 0 bridgehead atoms.